The summed E-state index contributed by atoms with van der Waals surface area (Å²) in [7, 11) is 0. The Morgan fingerprint density at radius 2 is 1.83 bits per heavy atom. The maximum atomic E-state index is 8.42. The highest BCUT2D eigenvalue weighted by Crippen LogP contribution is 1.96. The van der Waals surface area contributed by atoms with Crippen molar-refractivity contribution in [3.8, 4) is 12.1 Å². The number of nitrogens with two attached hydrogens (primary N) is 1. The molecule has 0 amide bonds. The van der Waals surface area contributed by atoms with Gasteiger partial charge in [-0.3, -0.25) is 4.90 Å². The molecule has 0 radical (unpaired) electrons. The maximum absolute atomic E-state index is 8.42. The average molecular weight is 166 g/mol. The van der Waals surface area contributed by atoms with Gasteiger partial charge in [0, 0.05) is 6.54 Å². The third-order valence-corrected chi connectivity index (χ3v) is 1.56. The van der Waals surface area contributed by atoms with Gasteiger partial charge in [0.2, 0.25) is 0 Å². The van der Waals surface area contributed by atoms with E-state index in [0.717, 1.165) is 6.54 Å². The van der Waals surface area contributed by atoms with Crippen LogP contribution in [0.1, 0.15) is 6.92 Å². The summed E-state index contributed by atoms with van der Waals surface area (Å²) in [4.78, 5) is 1.79. The zero-order chi connectivity index (χ0) is 9.40. The third-order valence-electron chi connectivity index (χ3n) is 1.56. The standard InChI is InChI=1S/C8H14N4/c1-8(6-11)7-12(4-2-9)5-3-10/h8H,4-7,11H2,1H3. The summed E-state index contributed by atoms with van der Waals surface area (Å²) in [5.74, 6) is 0.340. The van der Waals surface area contributed by atoms with Crippen molar-refractivity contribution in [2.75, 3.05) is 26.2 Å². The fourth-order valence-corrected chi connectivity index (χ4v) is 0.900. The molecule has 1 atom stereocenters. The molecule has 0 aromatic carbocycles. The molecular weight excluding hydrogens is 152 g/mol. The first-order valence-corrected chi connectivity index (χ1v) is 3.91. The van der Waals surface area contributed by atoms with Crippen LogP contribution in [0.2, 0.25) is 0 Å². The monoisotopic (exact) mass is 166 g/mol. The van der Waals surface area contributed by atoms with E-state index in [-0.39, 0.29) is 0 Å². The summed E-state index contributed by atoms with van der Waals surface area (Å²) >= 11 is 0. The Kier molecular flexibility index (Phi) is 6.00. The molecule has 66 valence electrons. The number of hydrogen-bond acceptors (Lipinski definition) is 4. The first-order valence-electron chi connectivity index (χ1n) is 3.91. The highest BCUT2D eigenvalue weighted by atomic mass is 15.1. The average Bonchev–Trinajstić information content (AvgIpc) is 2.05. The summed E-state index contributed by atoms with van der Waals surface area (Å²) < 4.78 is 0. The Morgan fingerprint density at radius 3 is 2.17 bits per heavy atom. The summed E-state index contributed by atoms with van der Waals surface area (Å²) in [6.45, 7) is 3.92. The van der Waals surface area contributed by atoms with Crippen LogP contribution in [0, 0.1) is 28.6 Å². The fourth-order valence-electron chi connectivity index (χ4n) is 0.900. The second-order valence-corrected chi connectivity index (χ2v) is 2.83. The molecule has 0 heterocycles. The van der Waals surface area contributed by atoms with E-state index < -0.39 is 0 Å². The Balaban J connectivity index is 3.80. The normalized spacial score (nSPS) is 12.1. The van der Waals surface area contributed by atoms with Gasteiger partial charge < -0.3 is 5.73 Å². The van der Waals surface area contributed by atoms with Gasteiger partial charge in [-0.05, 0) is 12.5 Å². The second kappa shape index (κ2) is 6.60. The molecule has 0 saturated carbocycles. The molecule has 2 N–H and O–H groups in total. The smallest absolute Gasteiger partial charge is 0.0874 e. The zero-order valence-electron chi connectivity index (χ0n) is 7.32. The first kappa shape index (κ1) is 10.9. The predicted octanol–water partition coefficient (Wildman–Crippen LogP) is -0.0696. The van der Waals surface area contributed by atoms with E-state index >= 15 is 0 Å². The molecule has 0 aromatic rings. The van der Waals surface area contributed by atoms with Crippen LogP contribution in [-0.2, 0) is 0 Å². The highest BCUT2D eigenvalue weighted by Gasteiger charge is 2.07. The molecule has 0 spiro atoms. The van der Waals surface area contributed by atoms with Crippen LogP contribution >= 0.6 is 0 Å². The van der Waals surface area contributed by atoms with Crippen LogP contribution < -0.4 is 5.73 Å². The van der Waals surface area contributed by atoms with Gasteiger partial charge in [-0.1, -0.05) is 6.92 Å². The van der Waals surface area contributed by atoms with E-state index in [4.69, 9.17) is 16.3 Å². The minimum Gasteiger partial charge on any atom is -0.330 e. The molecule has 0 bridgehead atoms. The van der Waals surface area contributed by atoms with E-state index in [1.54, 1.807) is 4.90 Å². The van der Waals surface area contributed by atoms with Gasteiger partial charge in [0.05, 0.1) is 25.2 Å². The summed E-state index contributed by atoms with van der Waals surface area (Å²) in [5, 5.41) is 16.8. The summed E-state index contributed by atoms with van der Waals surface area (Å²) in [5.41, 5.74) is 5.42. The third kappa shape index (κ3) is 4.68. The van der Waals surface area contributed by atoms with E-state index in [1.165, 1.54) is 0 Å². The van der Waals surface area contributed by atoms with Crippen molar-refractivity contribution < 1.29 is 0 Å². The summed E-state index contributed by atoms with van der Waals surface area (Å²) in [6, 6.07) is 4.03. The van der Waals surface area contributed by atoms with Crippen molar-refractivity contribution in [3.05, 3.63) is 0 Å². The molecular formula is C8H14N4. The van der Waals surface area contributed by atoms with Crippen molar-refractivity contribution in [2.45, 2.75) is 6.92 Å². The minimum absolute atomic E-state index is 0.303. The molecule has 1 unspecified atom stereocenters. The van der Waals surface area contributed by atoms with E-state index in [9.17, 15) is 0 Å². The number of rotatable bonds is 5. The van der Waals surface area contributed by atoms with Crippen LogP contribution in [0.3, 0.4) is 0 Å². The van der Waals surface area contributed by atoms with Gasteiger partial charge >= 0.3 is 0 Å². The lowest BCUT2D eigenvalue weighted by atomic mass is 10.2. The largest absolute Gasteiger partial charge is 0.330 e. The quantitative estimate of drug-likeness (QED) is 0.580. The molecule has 0 aliphatic carbocycles. The van der Waals surface area contributed by atoms with Crippen LogP contribution in [0.4, 0.5) is 0 Å². The lowest BCUT2D eigenvalue weighted by Crippen LogP contribution is -2.32. The van der Waals surface area contributed by atoms with E-state index in [0.29, 0.717) is 25.6 Å². The van der Waals surface area contributed by atoms with Crippen molar-refractivity contribution in [3.63, 3.8) is 0 Å². The molecule has 0 aromatic heterocycles. The topological polar surface area (TPSA) is 76.8 Å². The Hall–Kier alpha value is -1.10. The fraction of sp³-hybridized carbons (Fsp3) is 0.750. The molecule has 0 aliphatic rings. The van der Waals surface area contributed by atoms with Crippen molar-refractivity contribution in [2.24, 2.45) is 11.7 Å². The number of hydrogen-bond donors (Lipinski definition) is 1. The SMILES string of the molecule is CC(CN)CN(CC#N)CC#N. The maximum Gasteiger partial charge on any atom is 0.0874 e. The summed E-state index contributed by atoms with van der Waals surface area (Å²) in [6.07, 6.45) is 0. The van der Waals surface area contributed by atoms with Crippen LogP contribution in [0.15, 0.2) is 0 Å². The Labute approximate surface area is 73.2 Å². The van der Waals surface area contributed by atoms with Gasteiger partial charge in [0.25, 0.3) is 0 Å². The number of nitriles is 2. The van der Waals surface area contributed by atoms with Crippen LogP contribution in [0.5, 0.6) is 0 Å². The second-order valence-electron chi connectivity index (χ2n) is 2.83. The molecule has 4 heteroatoms. The van der Waals surface area contributed by atoms with Gasteiger partial charge in [0.1, 0.15) is 0 Å². The van der Waals surface area contributed by atoms with Gasteiger partial charge in [0.15, 0.2) is 0 Å². The zero-order valence-corrected chi connectivity index (χ0v) is 7.32. The Bertz CT molecular complexity index is 172. The van der Waals surface area contributed by atoms with Crippen molar-refractivity contribution in [1.82, 2.24) is 4.90 Å². The van der Waals surface area contributed by atoms with Gasteiger partial charge in [-0.15, -0.1) is 0 Å². The molecule has 0 rings (SSSR count). The molecule has 0 aliphatic heterocycles. The molecule has 12 heavy (non-hydrogen) atoms. The highest BCUT2D eigenvalue weighted by molar-refractivity contribution is 4.84. The van der Waals surface area contributed by atoms with Crippen LogP contribution in [-0.4, -0.2) is 31.1 Å². The van der Waals surface area contributed by atoms with Gasteiger partial charge in [-0.2, -0.15) is 10.5 Å². The lowest BCUT2D eigenvalue weighted by molar-refractivity contribution is 0.294. The van der Waals surface area contributed by atoms with E-state index in [2.05, 4.69) is 0 Å². The van der Waals surface area contributed by atoms with Crippen molar-refractivity contribution in [1.29, 1.82) is 10.5 Å². The molecule has 4 nitrogen and oxygen atoms in total. The van der Waals surface area contributed by atoms with Crippen molar-refractivity contribution >= 4 is 0 Å². The van der Waals surface area contributed by atoms with E-state index in [1.807, 2.05) is 19.1 Å². The predicted molar refractivity (Wildman–Crippen MR) is 45.9 cm³/mol. The number of nitrogens with zero attached hydrogens (tertiary/aromatic N) is 3. The van der Waals surface area contributed by atoms with Crippen LogP contribution in [0.25, 0.3) is 0 Å². The lowest BCUT2D eigenvalue weighted by Gasteiger charge is -2.18. The molecule has 0 fully saturated rings. The minimum atomic E-state index is 0.303. The van der Waals surface area contributed by atoms with Gasteiger partial charge in [-0.25, -0.2) is 0 Å². The molecule has 0 saturated heterocycles. The first-order chi connectivity index (χ1) is 5.74. The Morgan fingerprint density at radius 1 is 1.33 bits per heavy atom.